The lowest BCUT2D eigenvalue weighted by Crippen LogP contribution is -2.35. The SMILES string of the molecule is CCCN1CCCC(NCC2(CCC)CC2)CC1. The van der Waals surface area contributed by atoms with Crippen LogP contribution in [0.25, 0.3) is 0 Å². The van der Waals surface area contributed by atoms with Gasteiger partial charge in [0.25, 0.3) is 0 Å². The maximum Gasteiger partial charge on any atom is 0.00799 e. The fourth-order valence-electron chi connectivity index (χ4n) is 3.48. The molecule has 0 aromatic carbocycles. The van der Waals surface area contributed by atoms with Gasteiger partial charge in [0.1, 0.15) is 0 Å². The molecule has 106 valence electrons. The molecular formula is C16H32N2. The van der Waals surface area contributed by atoms with Crippen molar-refractivity contribution in [2.24, 2.45) is 5.41 Å². The standard InChI is InChI=1S/C16H32N2/c1-3-8-16(9-10-16)14-17-15-6-5-12-18(11-4-2)13-7-15/h15,17H,3-14H2,1-2H3. The van der Waals surface area contributed by atoms with Crippen LogP contribution >= 0.6 is 0 Å². The molecule has 0 radical (unpaired) electrons. The van der Waals surface area contributed by atoms with E-state index in [2.05, 4.69) is 24.1 Å². The van der Waals surface area contributed by atoms with Crippen molar-refractivity contribution >= 4 is 0 Å². The molecule has 2 heteroatoms. The number of hydrogen-bond donors (Lipinski definition) is 1. The maximum absolute atomic E-state index is 3.89. The molecule has 1 unspecified atom stereocenters. The summed E-state index contributed by atoms with van der Waals surface area (Å²) < 4.78 is 0. The summed E-state index contributed by atoms with van der Waals surface area (Å²) in [7, 11) is 0. The predicted molar refractivity (Wildman–Crippen MR) is 78.9 cm³/mol. The molecule has 2 rings (SSSR count). The average molecular weight is 252 g/mol. The molecule has 0 amide bonds. The van der Waals surface area contributed by atoms with E-state index in [0.29, 0.717) is 5.41 Å². The molecule has 1 N–H and O–H groups in total. The van der Waals surface area contributed by atoms with Gasteiger partial charge in [0.05, 0.1) is 0 Å². The minimum absolute atomic E-state index is 0.712. The van der Waals surface area contributed by atoms with Crippen LogP contribution < -0.4 is 5.32 Å². The molecule has 1 heterocycles. The van der Waals surface area contributed by atoms with Crippen LogP contribution in [0.15, 0.2) is 0 Å². The molecular weight excluding hydrogens is 220 g/mol. The van der Waals surface area contributed by atoms with Gasteiger partial charge in [-0.3, -0.25) is 0 Å². The monoisotopic (exact) mass is 252 g/mol. The Morgan fingerprint density at radius 2 is 1.94 bits per heavy atom. The van der Waals surface area contributed by atoms with Crippen LogP contribution in [-0.4, -0.2) is 37.1 Å². The first kappa shape index (κ1) is 14.3. The predicted octanol–water partition coefficient (Wildman–Crippen LogP) is 3.42. The molecule has 1 saturated carbocycles. The maximum atomic E-state index is 3.89. The third-order valence-electron chi connectivity index (χ3n) is 4.86. The highest BCUT2D eigenvalue weighted by Crippen LogP contribution is 2.49. The molecule has 0 aromatic rings. The van der Waals surface area contributed by atoms with E-state index in [4.69, 9.17) is 0 Å². The summed E-state index contributed by atoms with van der Waals surface area (Å²) in [6.45, 7) is 9.85. The van der Waals surface area contributed by atoms with Crippen LogP contribution in [0.4, 0.5) is 0 Å². The highest BCUT2D eigenvalue weighted by atomic mass is 15.1. The molecule has 2 nitrogen and oxygen atoms in total. The second-order valence-electron chi connectivity index (χ2n) is 6.60. The van der Waals surface area contributed by atoms with Gasteiger partial charge in [0, 0.05) is 12.6 Å². The Morgan fingerprint density at radius 1 is 1.11 bits per heavy atom. The summed E-state index contributed by atoms with van der Waals surface area (Å²) in [5, 5.41) is 3.89. The first-order valence-corrected chi connectivity index (χ1v) is 8.24. The zero-order chi connectivity index (χ0) is 12.8. The zero-order valence-corrected chi connectivity index (χ0v) is 12.5. The van der Waals surface area contributed by atoms with Gasteiger partial charge < -0.3 is 10.2 Å². The molecule has 0 spiro atoms. The van der Waals surface area contributed by atoms with E-state index in [1.54, 1.807) is 0 Å². The minimum Gasteiger partial charge on any atom is -0.313 e. The van der Waals surface area contributed by atoms with Gasteiger partial charge in [-0.25, -0.2) is 0 Å². The van der Waals surface area contributed by atoms with Crippen molar-refractivity contribution in [1.29, 1.82) is 0 Å². The Hall–Kier alpha value is -0.0800. The number of nitrogens with one attached hydrogen (secondary N) is 1. The average Bonchev–Trinajstić information content (AvgIpc) is 3.14. The molecule has 0 bridgehead atoms. The second kappa shape index (κ2) is 6.91. The lowest BCUT2D eigenvalue weighted by molar-refractivity contribution is 0.281. The Kier molecular flexibility index (Phi) is 5.50. The highest BCUT2D eigenvalue weighted by molar-refractivity contribution is 4.95. The van der Waals surface area contributed by atoms with E-state index in [1.807, 2.05) is 0 Å². The van der Waals surface area contributed by atoms with Gasteiger partial charge in [-0.2, -0.15) is 0 Å². The van der Waals surface area contributed by atoms with E-state index < -0.39 is 0 Å². The van der Waals surface area contributed by atoms with Crippen molar-refractivity contribution in [2.75, 3.05) is 26.2 Å². The number of nitrogens with zero attached hydrogens (tertiary/aromatic N) is 1. The Balaban J connectivity index is 1.67. The largest absolute Gasteiger partial charge is 0.313 e. The molecule has 2 fully saturated rings. The summed E-state index contributed by atoms with van der Waals surface area (Å²) in [5.41, 5.74) is 0.712. The smallest absolute Gasteiger partial charge is 0.00799 e. The number of likely N-dealkylation sites (tertiary alicyclic amines) is 1. The minimum atomic E-state index is 0.712. The van der Waals surface area contributed by atoms with Crippen molar-refractivity contribution in [3.63, 3.8) is 0 Å². The molecule has 2 aliphatic rings. The third-order valence-corrected chi connectivity index (χ3v) is 4.86. The van der Waals surface area contributed by atoms with Crippen LogP contribution in [0.2, 0.25) is 0 Å². The second-order valence-corrected chi connectivity index (χ2v) is 6.60. The molecule has 1 atom stereocenters. The van der Waals surface area contributed by atoms with Gasteiger partial charge in [-0.05, 0) is 70.0 Å². The van der Waals surface area contributed by atoms with E-state index >= 15 is 0 Å². The van der Waals surface area contributed by atoms with E-state index in [-0.39, 0.29) is 0 Å². The summed E-state index contributed by atoms with van der Waals surface area (Å²) in [6, 6.07) is 0.793. The third kappa shape index (κ3) is 4.24. The van der Waals surface area contributed by atoms with E-state index in [0.717, 1.165) is 6.04 Å². The summed E-state index contributed by atoms with van der Waals surface area (Å²) in [6.07, 6.45) is 11.2. The van der Waals surface area contributed by atoms with Gasteiger partial charge in [0.15, 0.2) is 0 Å². The Labute approximate surface area is 114 Å². The Bertz CT molecular complexity index is 235. The van der Waals surface area contributed by atoms with Crippen LogP contribution in [0.5, 0.6) is 0 Å². The van der Waals surface area contributed by atoms with Crippen molar-refractivity contribution < 1.29 is 0 Å². The molecule has 18 heavy (non-hydrogen) atoms. The van der Waals surface area contributed by atoms with Gasteiger partial charge >= 0.3 is 0 Å². The lowest BCUT2D eigenvalue weighted by atomic mass is 9.99. The molecule has 0 aromatic heterocycles. The van der Waals surface area contributed by atoms with Crippen molar-refractivity contribution in [3.05, 3.63) is 0 Å². The summed E-state index contributed by atoms with van der Waals surface area (Å²) in [4.78, 5) is 2.65. The van der Waals surface area contributed by atoms with Crippen LogP contribution in [0.3, 0.4) is 0 Å². The van der Waals surface area contributed by atoms with E-state index in [9.17, 15) is 0 Å². The van der Waals surface area contributed by atoms with Crippen LogP contribution in [0, 0.1) is 5.41 Å². The Morgan fingerprint density at radius 3 is 2.61 bits per heavy atom. The topological polar surface area (TPSA) is 15.3 Å². The molecule has 1 aliphatic carbocycles. The number of hydrogen-bond acceptors (Lipinski definition) is 2. The fourth-order valence-corrected chi connectivity index (χ4v) is 3.48. The normalized spacial score (nSPS) is 28.0. The van der Waals surface area contributed by atoms with Gasteiger partial charge in [0.2, 0.25) is 0 Å². The van der Waals surface area contributed by atoms with Crippen molar-refractivity contribution in [2.45, 2.75) is 71.3 Å². The quantitative estimate of drug-likeness (QED) is 0.747. The van der Waals surface area contributed by atoms with Crippen molar-refractivity contribution in [1.82, 2.24) is 10.2 Å². The van der Waals surface area contributed by atoms with Gasteiger partial charge in [-0.15, -0.1) is 0 Å². The van der Waals surface area contributed by atoms with E-state index in [1.165, 1.54) is 77.5 Å². The molecule has 1 aliphatic heterocycles. The fraction of sp³-hybridized carbons (Fsp3) is 1.00. The number of rotatable bonds is 7. The van der Waals surface area contributed by atoms with Gasteiger partial charge in [-0.1, -0.05) is 20.3 Å². The van der Waals surface area contributed by atoms with Crippen LogP contribution in [-0.2, 0) is 0 Å². The molecule has 1 saturated heterocycles. The lowest BCUT2D eigenvalue weighted by Gasteiger charge is -2.22. The zero-order valence-electron chi connectivity index (χ0n) is 12.5. The van der Waals surface area contributed by atoms with Crippen molar-refractivity contribution in [3.8, 4) is 0 Å². The first-order valence-electron chi connectivity index (χ1n) is 8.24. The highest BCUT2D eigenvalue weighted by Gasteiger charge is 2.41. The first-order chi connectivity index (χ1) is 8.78. The summed E-state index contributed by atoms with van der Waals surface area (Å²) >= 11 is 0. The summed E-state index contributed by atoms with van der Waals surface area (Å²) in [5.74, 6) is 0. The van der Waals surface area contributed by atoms with Crippen LogP contribution in [0.1, 0.15) is 65.2 Å².